The van der Waals surface area contributed by atoms with Gasteiger partial charge in [-0.25, -0.2) is 0 Å². The second kappa shape index (κ2) is 6.32. The zero-order valence-electron chi connectivity index (χ0n) is 11.2. The van der Waals surface area contributed by atoms with Gasteiger partial charge in [0.25, 0.3) is 0 Å². The summed E-state index contributed by atoms with van der Waals surface area (Å²) in [6.07, 6.45) is 1.81. The average Bonchev–Trinajstić information content (AvgIpc) is 2.36. The summed E-state index contributed by atoms with van der Waals surface area (Å²) in [6, 6.07) is 6.20. The van der Waals surface area contributed by atoms with Crippen molar-refractivity contribution < 1.29 is 14.6 Å². The van der Waals surface area contributed by atoms with Gasteiger partial charge in [-0.15, -0.1) is 0 Å². The van der Waals surface area contributed by atoms with Gasteiger partial charge in [0.1, 0.15) is 0 Å². The van der Waals surface area contributed by atoms with E-state index >= 15 is 0 Å². The SMILES string of the molecule is Cc1cc(C)cc(C(O)CCC2OCCCO2)c1. The lowest BCUT2D eigenvalue weighted by atomic mass is 10.00. The van der Waals surface area contributed by atoms with Gasteiger partial charge in [-0.2, -0.15) is 0 Å². The van der Waals surface area contributed by atoms with E-state index in [1.807, 2.05) is 12.1 Å². The Morgan fingerprint density at radius 3 is 2.39 bits per heavy atom. The van der Waals surface area contributed by atoms with E-state index in [0.29, 0.717) is 6.42 Å². The lowest BCUT2D eigenvalue weighted by Crippen LogP contribution is -2.25. The van der Waals surface area contributed by atoms with Crippen LogP contribution in [0.2, 0.25) is 0 Å². The highest BCUT2D eigenvalue weighted by atomic mass is 16.7. The van der Waals surface area contributed by atoms with Crippen LogP contribution in [0.15, 0.2) is 18.2 Å². The van der Waals surface area contributed by atoms with Crippen molar-refractivity contribution >= 4 is 0 Å². The van der Waals surface area contributed by atoms with Crippen molar-refractivity contribution in [3.8, 4) is 0 Å². The normalized spacial score (nSPS) is 18.8. The molecule has 3 heteroatoms. The summed E-state index contributed by atoms with van der Waals surface area (Å²) in [5, 5.41) is 10.2. The van der Waals surface area contributed by atoms with Gasteiger partial charge in [-0.1, -0.05) is 29.3 Å². The highest BCUT2D eigenvalue weighted by Crippen LogP contribution is 2.23. The third kappa shape index (κ3) is 3.80. The highest BCUT2D eigenvalue weighted by molar-refractivity contribution is 5.29. The summed E-state index contributed by atoms with van der Waals surface area (Å²) in [7, 11) is 0. The molecular weight excluding hydrogens is 228 g/mol. The number of aliphatic hydroxyl groups is 1. The van der Waals surface area contributed by atoms with E-state index < -0.39 is 6.10 Å². The lowest BCUT2D eigenvalue weighted by Gasteiger charge is -2.24. The molecule has 2 rings (SSSR count). The van der Waals surface area contributed by atoms with Crippen LogP contribution >= 0.6 is 0 Å². The molecule has 1 fully saturated rings. The smallest absolute Gasteiger partial charge is 0.157 e. The summed E-state index contributed by atoms with van der Waals surface area (Å²) in [5.41, 5.74) is 3.37. The van der Waals surface area contributed by atoms with E-state index in [1.54, 1.807) is 0 Å². The minimum Gasteiger partial charge on any atom is -0.388 e. The van der Waals surface area contributed by atoms with Gasteiger partial charge < -0.3 is 14.6 Å². The minimum atomic E-state index is -0.433. The van der Waals surface area contributed by atoms with Gasteiger partial charge in [0.2, 0.25) is 0 Å². The molecule has 3 nitrogen and oxygen atoms in total. The van der Waals surface area contributed by atoms with E-state index in [9.17, 15) is 5.11 Å². The molecule has 0 aliphatic carbocycles. The molecule has 1 heterocycles. The summed E-state index contributed by atoms with van der Waals surface area (Å²) in [4.78, 5) is 0. The van der Waals surface area contributed by atoms with Crippen LogP contribution in [-0.4, -0.2) is 24.6 Å². The molecule has 0 bridgehead atoms. The number of hydrogen-bond acceptors (Lipinski definition) is 3. The Kier molecular flexibility index (Phi) is 4.75. The van der Waals surface area contributed by atoms with Gasteiger partial charge in [0.15, 0.2) is 6.29 Å². The van der Waals surface area contributed by atoms with Crippen molar-refractivity contribution in [2.24, 2.45) is 0 Å². The van der Waals surface area contributed by atoms with E-state index in [2.05, 4.69) is 19.9 Å². The third-order valence-electron chi connectivity index (χ3n) is 3.20. The van der Waals surface area contributed by atoms with Gasteiger partial charge in [0.05, 0.1) is 19.3 Å². The quantitative estimate of drug-likeness (QED) is 0.893. The molecule has 1 saturated heterocycles. The first-order valence-corrected chi connectivity index (χ1v) is 6.64. The van der Waals surface area contributed by atoms with Gasteiger partial charge in [-0.3, -0.25) is 0 Å². The zero-order valence-corrected chi connectivity index (χ0v) is 11.2. The van der Waals surface area contributed by atoms with Crippen LogP contribution in [0.25, 0.3) is 0 Å². The predicted octanol–water partition coefficient (Wildman–Crippen LogP) is 2.88. The summed E-state index contributed by atoms with van der Waals surface area (Å²) in [5.74, 6) is 0. The first kappa shape index (κ1) is 13.5. The molecule has 100 valence electrons. The molecule has 1 aromatic rings. The Balaban J connectivity index is 1.88. The maximum Gasteiger partial charge on any atom is 0.157 e. The standard InChI is InChI=1S/C15H22O3/c1-11-8-12(2)10-13(9-11)14(16)4-5-15-17-6-3-7-18-15/h8-10,14-16H,3-7H2,1-2H3. The Bertz CT molecular complexity index is 363. The van der Waals surface area contributed by atoms with Crippen molar-refractivity contribution in [3.63, 3.8) is 0 Å². The second-order valence-electron chi connectivity index (χ2n) is 5.04. The van der Waals surface area contributed by atoms with Crippen molar-refractivity contribution in [1.29, 1.82) is 0 Å². The summed E-state index contributed by atoms with van der Waals surface area (Å²) in [6.45, 7) is 5.64. The average molecular weight is 250 g/mol. The third-order valence-corrected chi connectivity index (χ3v) is 3.20. The lowest BCUT2D eigenvalue weighted by molar-refractivity contribution is -0.183. The zero-order chi connectivity index (χ0) is 13.0. The molecule has 18 heavy (non-hydrogen) atoms. The molecule has 0 spiro atoms. The molecule has 0 aromatic heterocycles. The predicted molar refractivity (Wildman–Crippen MR) is 70.4 cm³/mol. The van der Waals surface area contributed by atoms with Crippen molar-refractivity contribution in [2.45, 2.75) is 45.5 Å². The topological polar surface area (TPSA) is 38.7 Å². The van der Waals surface area contributed by atoms with Crippen molar-refractivity contribution in [3.05, 3.63) is 34.9 Å². The number of aliphatic hydroxyl groups excluding tert-OH is 1. The molecule has 1 N–H and O–H groups in total. The Morgan fingerprint density at radius 1 is 1.17 bits per heavy atom. The van der Waals surface area contributed by atoms with Crippen LogP contribution in [0.5, 0.6) is 0 Å². The maximum atomic E-state index is 10.2. The molecule has 1 aliphatic rings. The maximum absolute atomic E-state index is 10.2. The summed E-state index contributed by atoms with van der Waals surface area (Å²) < 4.78 is 11.0. The fourth-order valence-electron chi connectivity index (χ4n) is 2.37. The van der Waals surface area contributed by atoms with Gasteiger partial charge in [0, 0.05) is 6.42 Å². The number of hydrogen-bond donors (Lipinski definition) is 1. The van der Waals surface area contributed by atoms with E-state index in [-0.39, 0.29) is 6.29 Å². The van der Waals surface area contributed by atoms with Crippen LogP contribution in [0, 0.1) is 13.8 Å². The molecule has 1 aliphatic heterocycles. The van der Waals surface area contributed by atoms with Gasteiger partial charge >= 0.3 is 0 Å². The number of rotatable bonds is 4. The fraction of sp³-hybridized carbons (Fsp3) is 0.600. The van der Waals surface area contributed by atoms with E-state index in [4.69, 9.17) is 9.47 Å². The highest BCUT2D eigenvalue weighted by Gasteiger charge is 2.17. The van der Waals surface area contributed by atoms with Crippen LogP contribution in [0.4, 0.5) is 0 Å². The van der Waals surface area contributed by atoms with Crippen LogP contribution in [-0.2, 0) is 9.47 Å². The number of benzene rings is 1. The molecular formula is C15H22O3. The van der Waals surface area contributed by atoms with Crippen LogP contribution < -0.4 is 0 Å². The minimum absolute atomic E-state index is 0.140. The molecule has 0 radical (unpaired) electrons. The largest absolute Gasteiger partial charge is 0.388 e. The van der Waals surface area contributed by atoms with Gasteiger partial charge in [-0.05, 0) is 32.3 Å². The number of aryl methyl sites for hydroxylation is 2. The molecule has 1 aromatic carbocycles. The Hall–Kier alpha value is -0.900. The van der Waals surface area contributed by atoms with Crippen molar-refractivity contribution in [1.82, 2.24) is 0 Å². The van der Waals surface area contributed by atoms with Crippen molar-refractivity contribution in [2.75, 3.05) is 13.2 Å². The molecule has 0 amide bonds. The molecule has 0 saturated carbocycles. The summed E-state index contributed by atoms with van der Waals surface area (Å²) >= 11 is 0. The first-order valence-electron chi connectivity index (χ1n) is 6.64. The van der Waals surface area contributed by atoms with E-state index in [0.717, 1.165) is 31.6 Å². The van der Waals surface area contributed by atoms with Crippen LogP contribution in [0.1, 0.15) is 42.1 Å². The Labute approximate surface area is 109 Å². The monoisotopic (exact) mass is 250 g/mol. The fourth-order valence-corrected chi connectivity index (χ4v) is 2.37. The second-order valence-corrected chi connectivity index (χ2v) is 5.04. The molecule has 1 atom stereocenters. The van der Waals surface area contributed by atoms with E-state index in [1.165, 1.54) is 11.1 Å². The molecule has 1 unspecified atom stereocenters. The van der Waals surface area contributed by atoms with Crippen LogP contribution in [0.3, 0.4) is 0 Å². The Morgan fingerprint density at radius 2 is 1.78 bits per heavy atom. The number of ether oxygens (including phenoxy) is 2. The first-order chi connectivity index (χ1) is 8.65.